The highest BCUT2D eigenvalue weighted by molar-refractivity contribution is 7.14. The number of pyridine rings is 1. The van der Waals surface area contributed by atoms with E-state index in [-0.39, 0.29) is 5.91 Å². The van der Waals surface area contributed by atoms with Gasteiger partial charge in [0, 0.05) is 32.1 Å². The van der Waals surface area contributed by atoms with Crippen molar-refractivity contribution >= 4 is 28.7 Å². The zero-order valence-electron chi connectivity index (χ0n) is 16.1. The second-order valence-corrected chi connectivity index (χ2v) is 8.62. The minimum absolute atomic E-state index is 0.103. The van der Waals surface area contributed by atoms with Gasteiger partial charge < -0.3 is 15.1 Å². The molecule has 1 amide bonds. The summed E-state index contributed by atoms with van der Waals surface area (Å²) in [5, 5.41) is 4.05. The van der Waals surface area contributed by atoms with Gasteiger partial charge in [-0.25, -0.2) is 9.97 Å². The largest absolute Gasteiger partial charge is 0.368 e. The molecule has 4 rings (SSSR count). The number of piperazine rings is 1. The lowest BCUT2D eigenvalue weighted by Crippen LogP contribution is -2.44. The molecule has 0 spiro atoms. The van der Waals surface area contributed by atoms with Crippen molar-refractivity contribution in [3.05, 3.63) is 33.9 Å². The highest BCUT2D eigenvalue weighted by atomic mass is 32.1. The van der Waals surface area contributed by atoms with Gasteiger partial charge in [0.15, 0.2) is 0 Å². The fraction of sp³-hybridized carbons (Fsp3) is 0.550. The molecule has 27 heavy (non-hydrogen) atoms. The molecule has 0 unspecified atom stereocenters. The van der Waals surface area contributed by atoms with Crippen LogP contribution in [0.5, 0.6) is 0 Å². The first-order valence-electron chi connectivity index (χ1n) is 9.78. The summed E-state index contributed by atoms with van der Waals surface area (Å²) < 4.78 is 0. The first kappa shape index (κ1) is 18.4. The van der Waals surface area contributed by atoms with Crippen molar-refractivity contribution in [3.8, 4) is 0 Å². The van der Waals surface area contributed by atoms with E-state index in [2.05, 4.69) is 32.1 Å². The molecule has 2 aromatic rings. The molecule has 144 valence electrons. The zero-order chi connectivity index (χ0) is 18.8. The van der Waals surface area contributed by atoms with Crippen molar-refractivity contribution in [3.63, 3.8) is 0 Å². The molecular formula is C20H27N5OS. The molecule has 2 fully saturated rings. The van der Waals surface area contributed by atoms with Crippen molar-refractivity contribution in [2.24, 2.45) is 0 Å². The van der Waals surface area contributed by atoms with Crippen molar-refractivity contribution in [1.82, 2.24) is 14.9 Å². The summed E-state index contributed by atoms with van der Waals surface area (Å²) >= 11 is 1.55. The Labute approximate surface area is 164 Å². The molecule has 1 saturated heterocycles. The average Bonchev–Trinajstić information content (AvgIpc) is 3.33. The highest BCUT2D eigenvalue weighted by Crippen LogP contribution is 2.37. The Balaban J connectivity index is 1.41. The van der Waals surface area contributed by atoms with Crippen molar-refractivity contribution in [1.29, 1.82) is 0 Å². The van der Waals surface area contributed by atoms with E-state index in [1.807, 2.05) is 25.3 Å². The van der Waals surface area contributed by atoms with Crippen LogP contribution in [0.3, 0.4) is 0 Å². The molecule has 1 saturated carbocycles. The summed E-state index contributed by atoms with van der Waals surface area (Å²) in [6.07, 6.45) is 6.79. The summed E-state index contributed by atoms with van der Waals surface area (Å²) in [5.74, 6) is 1.03. The van der Waals surface area contributed by atoms with Crippen LogP contribution in [0.15, 0.2) is 18.3 Å². The lowest BCUT2D eigenvalue weighted by molar-refractivity contribution is 0.102. The molecule has 3 heterocycles. The van der Waals surface area contributed by atoms with E-state index in [9.17, 15) is 4.79 Å². The predicted molar refractivity (Wildman–Crippen MR) is 110 cm³/mol. The summed E-state index contributed by atoms with van der Waals surface area (Å²) in [6, 6.07) is 3.93. The minimum Gasteiger partial charge on any atom is -0.368 e. The Bertz CT molecular complexity index is 789. The SMILES string of the molecule is Cc1nc(C2CCCC2)sc1C(=O)Nc1ccc(N2CCN(C)CC2)cn1. The van der Waals surface area contributed by atoms with Gasteiger partial charge in [-0.3, -0.25) is 4.79 Å². The number of hydrogen-bond donors (Lipinski definition) is 1. The maximum atomic E-state index is 12.7. The van der Waals surface area contributed by atoms with Gasteiger partial charge in [-0.15, -0.1) is 11.3 Å². The Hall–Kier alpha value is -1.99. The number of nitrogens with one attached hydrogen (secondary N) is 1. The number of likely N-dealkylation sites (N-methyl/N-ethyl adjacent to an activating group) is 1. The van der Waals surface area contributed by atoms with Crippen LogP contribution < -0.4 is 10.2 Å². The Morgan fingerprint density at radius 3 is 2.59 bits per heavy atom. The number of nitrogens with zero attached hydrogens (tertiary/aromatic N) is 4. The zero-order valence-corrected chi connectivity index (χ0v) is 16.9. The van der Waals surface area contributed by atoms with Crippen LogP contribution in [-0.2, 0) is 0 Å². The van der Waals surface area contributed by atoms with Gasteiger partial charge in [0.25, 0.3) is 5.91 Å². The van der Waals surface area contributed by atoms with Crippen LogP contribution >= 0.6 is 11.3 Å². The highest BCUT2D eigenvalue weighted by Gasteiger charge is 2.24. The van der Waals surface area contributed by atoms with Gasteiger partial charge >= 0.3 is 0 Å². The van der Waals surface area contributed by atoms with Gasteiger partial charge in [-0.2, -0.15) is 0 Å². The fourth-order valence-electron chi connectivity index (χ4n) is 3.86. The third-order valence-corrected chi connectivity index (χ3v) is 6.90. The first-order valence-corrected chi connectivity index (χ1v) is 10.6. The van der Waals surface area contributed by atoms with Gasteiger partial charge in [0.1, 0.15) is 10.7 Å². The minimum atomic E-state index is -0.103. The molecule has 0 bridgehead atoms. The van der Waals surface area contributed by atoms with Crippen LogP contribution in [-0.4, -0.2) is 54.0 Å². The molecule has 1 aliphatic carbocycles. The van der Waals surface area contributed by atoms with E-state index >= 15 is 0 Å². The van der Waals surface area contributed by atoms with Crippen LogP contribution in [0, 0.1) is 6.92 Å². The Morgan fingerprint density at radius 1 is 1.19 bits per heavy atom. The number of amides is 1. The summed E-state index contributed by atoms with van der Waals surface area (Å²) in [5.41, 5.74) is 1.94. The number of aryl methyl sites for hydroxylation is 1. The molecule has 2 aromatic heterocycles. The second kappa shape index (κ2) is 7.94. The molecule has 0 radical (unpaired) electrons. The quantitative estimate of drug-likeness (QED) is 0.873. The predicted octanol–water partition coefficient (Wildman–Crippen LogP) is 3.51. The standard InChI is InChI=1S/C20H27N5OS/c1-14-18(27-20(22-14)15-5-3-4-6-15)19(26)23-17-8-7-16(13-21-17)25-11-9-24(2)10-12-25/h7-8,13,15H,3-6,9-12H2,1-2H3,(H,21,23,26). The lowest BCUT2D eigenvalue weighted by Gasteiger charge is -2.33. The normalized spacial score (nSPS) is 18.8. The molecule has 0 aromatic carbocycles. The maximum absolute atomic E-state index is 12.7. The molecule has 1 aliphatic heterocycles. The Kier molecular flexibility index (Phi) is 5.41. The van der Waals surface area contributed by atoms with Crippen LogP contribution in [0.1, 0.15) is 52.0 Å². The Morgan fingerprint density at radius 2 is 1.93 bits per heavy atom. The van der Waals surface area contributed by atoms with Crippen molar-refractivity contribution in [2.75, 3.05) is 43.4 Å². The van der Waals surface area contributed by atoms with E-state index in [4.69, 9.17) is 0 Å². The number of anilines is 2. The molecular weight excluding hydrogens is 358 g/mol. The van der Waals surface area contributed by atoms with Gasteiger partial charge in [0.2, 0.25) is 0 Å². The maximum Gasteiger partial charge on any atom is 0.268 e. The molecule has 7 heteroatoms. The third-order valence-electron chi connectivity index (χ3n) is 5.58. The number of rotatable bonds is 4. The summed E-state index contributed by atoms with van der Waals surface area (Å²) in [6.45, 7) is 6.06. The average molecular weight is 386 g/mol. The van der Waals surface area contributed by atoms with Gasteiger partial charge in [0.05, 0.1) is 22.6 Å². The number of carbonyl (C=O) groups excluding carboxylic acids is 1. The summed E-state index contributed by atoms with van der Waals surface area (Å²) in [7, 11) is 2.15. The fourth-order valence-corrected chi connectivity index (χ4v) is 4.99. The lowest BCUT2D eigenvalue weighted by atomic mass is 10.1. The summed E-state index contributed by atoms with van der Waals surface area (Å²) in [4.78, 5) is 27.2. The first-order chi connectivity index (χ1) is 13.1. The van der Waals surface area contributed by atoms with E-state index < -0.39 is 0 Å². The van der Waals surface area contributed by atoms with Crippen molar-refractivity contribution in [2.45, 2.75) is 38.5 Å². The molecule has 2 aliphatic rings. The molecule has 6 nitrogen and oxygen atoms in total. The van der Waals surface area contributed by atoms with Crippen LogP contribution in [0.2, 0.25) is 0 Å². The van der Waals surface area contributed by atoms with E-state index in [0.29, 0.717) is 16.6 Å². The van der Waals surface area contributed by atoms with Crippen LogP contribution in [0.4, 0.5) is 11.5 Å². The smallest absolute Gasteiger partial charge is 0.268 e. The third kappa shape index (κ3) is 4.14. The molecule has 1 N–H and O–H groups in total. The second-order valence-electron chi connectivity index (χ2n) is 7.59. The van der Waals surface area contributed by atoms with Gasteiger partial charge in [-0.1, -0.05) is 12.8 Å². The van der Waals surface area contributed by atoms with E-state index in [1.54, 1.807) is 11.3 Å². The number of aromatic nitrogens is 2. The van der Waals surface area contributed by atoms with Crippen molar-refractivity contribution < 1.29 is 4.79 Å². The van der Waals surface area contributed by atoms with Crippen LogP contribution in [0.25, 0.3) is 0 Å². The number of hydrogen-bond acceptors (Lipinski definition) is 6. The molecule has 0 atom stereocenters. The number of thiazole rings is 1. The van der Waals surface area contributed by atoms with Gasteiger partial charge in [-0.05, 0) is 38.9 Å². The number of carbonyl (C=O) groups is 1. The monoisotopic (exact) mass is 385 g/mol. The van der Waals surface area contributed by atoms with E-state index in [1.165, 1.54) is 25.7 Å². The van der Waals surface area contributed by atoms with E-state index in [0.717, 1.165) is 42.6 Å². The topological polar surface area (TPSA) is 61.4 Å².